The number of hydrogen-bond acceptors (Lipinski definition) is 3. The number of fused-ring (bicyclic) bond motifs is 1. The van der Waals surface area contributed by atoms with E-state index in [-0.39, 0.29) is 10.3 Å². The fourth-order valence-electron chi connectivity index (χ4n) is 2.36. The molecule has 1 aliphatic rings. The second-order valence-corrected chi connectivity index (χ2v) is 8.21. The Balaban J connectivity index is 1.77. The van der Waals surface area contributed by atoms with E-state index in [2.05, 4.69) is 4.72 Å². The number of sulfonamides is 1. The molecular formula is C13H12ClNO2S2. The van der Waals surface area contributed by atoms with Crippen molar-refractivity contribution in [3.8, 4) is 0 Å². The quantitative estimate of drug-likeness (QED) is 0.947. The normalized spacial score (nSPS) is 15.6. The summed E-state index contributed by atoms with van der Waals surface area (Å²) in [5.74, 6) is 0. The van der Waals surface area contributed by atoms with E-state index in [1.54, 1.807) is 6.07 Å². The zero-order valence-corrected chi connectivity index (χ0v) is 12.4. The van der Waals surface area contributed by atoms with Gasteiger partial charge in [-0.3, -0.25) is 0 Å². The van der Waals surface area contributed by atoms with Crippen LogP contribution in [-0.4, -0.2) is 14.5 Å². The van der Waals surface area contributed by atoms with Crippen molar-refractivity contribution in [1.82, 2.24) is 4.72 Å². The van der Waals surface area contributed by atoms with Gasteiger partial charge in [0.1, 0.15) is 4.21 Å². The van der Waals surface area contributed by atoms with Crippen molar-refractivity contribution in [3.63, 3.8) is 0 Å². The van der Waals surface area contributed by atoms with Gasteiger partial charge in [-0.25, -0.2) is 13.1 Å². The molecule has 1 heterocycles. The highest BCUT2D eigenvalue weighted by atomic mass is 35.5. The van der Waals surface area contributed by atoms with Gasteiger partial charge in [0, 0.05) is 6.04 Å². The first kappa shape index (κ1) is 13.1. The molecule has 0 amide bonds. The Morgan fingerprint density at radius 2 is 1.74 bits per heavy atom. The van der Waals surface area contributed by atoms with Gasteiger partial charge in [-0.2, -0.15) is 0 Å². The van der Waals surface area contributed by atoms with Crippen LogP contribution < -0.4 is 4.72 Å². The summed E-state index contributed by atoms with van der Waals surface area (Å²) in [6.07, 6.45) is 1.49. The molecule has 3 nitrogen and oxygen atoms in total. The molecule has 0 fully saturated rings. The Labute approximate surface area is 121 Å². The van der Waals surface area contributed by atoms with Gasteiger partial charge in [0.2, 0.25) is 10.0 Å². The molecule has 6 heteroatoms. The van der Waals surface area contributed by atoms with Crippen molar-refractivity contribution < 1.29 is 8.42 Å². The Bertz CT molecular complexity index is 684. The van der Waals surface area contributed by atoms with Crippen molar-refractivity contribution in [1.29, 1.82) is 0 Å². The number of hydrogen-bond donors (Lipinski definition) is 1. The topological polar surface area (TPSA) is 46.2 Å². The minimum absolute atomic E-state index is 0.0664. The Kier molecular flexibility index (Phi) is 3.39. The largest absolute Gasteiger partial charge is 0.250 e. The second kappa shape index (κ2) is 4.90. The molecule has 0 saturated heterocycles. The SMILES string of the molecule is O=S(=O)(NC1Cc2ccccc2C1)c1ccc(Cl)s1. The predicted octanol–water partition coefficient (Wildman–Crippen LogP) is 2.85. The molecule has 0 saturated carbocycles. The van der Waals surface area contributed by atoms with Crippen LogP contribution in [0, 0.1) is 0 Å². The van der Waals surface area contributed by atoms with Crippen LogP contribution in [0.1, 0.15) is 11.1 Å². The average molecular weight is 314 g/mol. The van der Waals surface area contributed by atoms with Crippen molar-refractivity contribution in [3.05, 3.63) is 51.9 Å². The van der Waals surface area contributed by atoms with Crippen LogP contribution in [-0.2, 0) is 22.9 Å². The zero-order valence-electron chi connectivity index (χ0n) is 9.97. The number of nitrogens with one attached hydrogen (secondary N) is 1. The van der Waals surface area contributed by atoms with Crippen LogP contribution in [0.5, 0.6) is 0 Å². The third-order valence-corrected chi connectivity index (χ3v) is 6.43. The lowest BCUT2D eigenvalue weighted by atomic mass is 10.1. The third kappa shape index (κ3) is 2.69. The van der Waals surface area contributed by atoms with Gasteiger partial charge in [-0.1, -0.05) is 35.9 Å². The number of halogens is 1. The van der Waals surface area contributed by atoms with Crippen LogP contribution in [0.2, 0.25) is 4.34 Å². The first-order chi connectivity index (χ1) is 9.04. The fourth-order valence-corrected chi connectivity index (χ4v) is 5.10. The minimum Gasteiger partial charge on any atom is -0.207 e. The van der Waals surface area contributed by atoms with Gasteiger partial charge in [-0.15, -0.1) is 11.3 Å². The lowest BCUT2D eigenvalue weighted by Crippen LogP contribution is -2.34. The molecule has 3 rings (SSSR count). The summed E-state index contributed by atoms with van der Waals surface area (Å²) in [7, 11) is -3.46. The monoisotopic (exact) mass is 313 g/mol. The Morgan fingerprint density at radius 1 is 1.11 bits per heavy atom. The first-order valence-corrected chi connectivity index (χ1v) is 8.57. The molecular weight excluding hydrogens is 302 g/mol. The summed E-state index contributed by atoms with van der Waals surface area (Å²) in [5.41, 5.74) is 2.44. The summed E-state index contributed by atoms with van der Waals surface area (Å²) < 4.78 is 27.9. The van der Waals surface area contributed by atoms with E-state index >= 15 is 0 Å². The molecule has 1 N–H and O–H groups in total. The highest BCUT2D eigenvalue weighted by Gasteiger charge is 2.26. The number of rotatable bonds is 3. The maximum Gasteiger partial charge on any atom is 0.250 e. The Morgan fingerprint density at radius 3 is 2.26 bits per heavy atom. The lowest BCUT2D eigenvalue weighted by Gasteiger charge is -2.11. The first-order valence-electron chi connectivity index (χ1n) is 5.89. The summed E-state index contributed by atoms with van der Waals surface area (Å²) in [6, 6.07) is 11.1. The number of thiophene rings is 1. The predicted molar refractivity (Wildman–Crippen MR) is 77.3 cm³/mol. The zero-order chi connectivity index (χ0) is 13.5. The summed E-state index contributed by atoms with van der Waals surface area (Å²) in [6.45, 7) is 0. The second-order valence-electron chi connectivity index (χ2n) is 4.55. The molecule has 0 bridgehead atoms. The number of benzene rings is 1. The summed E-state index contributed by atoms with van der Waals surface area (Å²) in [5, 5.41) is 0. The van der Waals surface area contributed by atoms with E-state index in [0.717, 1.165) is 24.2 Å². The highest BCUT2D eigenvalue weighted by Crippen LogP contribution is 2.27. The van der Waals surface area contributed by atoms with Gasteiger partial charge in [0.15, 0.2) is 0 Å². The van der Waals surface area contributed by atoms with Crippen LogP contribution in [0.15, 0.2) is 40.6 Å². The third-order valence-electron chi connectivity index (χ3n) is 3.19. The Hall–Kier alpha value is -0.880. The average Bonchev–Trinajstić information content (AvgIpc) is 2.94. The van der Waals surface area contributed by atoms with E-state index in [9.17, 15) is 8.42 Å². The molecule has 0 atom stereocenters. The van der Waals surface area contributed by atoms with Crippen molar-refractivity contribution >= 4 is 33.0 Å². The van der Waals surface area contributed by atoms with Crippen molar-refractivity contribution in [2.24, 2.45) is 0 Å². The van der Waals surface area contributed by atoms with Crippen molar-refractivity contribution in [2.45, 2.75) is 23.1 Å². The van der Waals surface area contributed by atoms with E-state index < -0.39 is 10.0 Å². The van der Waals surface area contributed by atoms with Crippen molar-refractivity contribution in [2.75, 3.05) is 0 Å². The molecule has 0 unspecified atom stereocenters. The molecule has 1 aromatic carbocycles. The van der Waals surface area contributed by atoms with Crippen LogP contribution in [0.4, 0.5) is 0 Å². The maximum atomic E-state index is 12.2. The lowest BCUT2D eigenvalue weighted by molar-refractivity contribution is 0.557. The van der Waals surface area contributed by atoms with E-state index in [4.69, 9.17) is 11.6 Å². The van der Waals surface area contributed by atoms with E-state index in [1.807, 2.05) is 24.3 Å². The molecule has 100 valence electrons. The van der Waals surface area contributed by atoms with E-state index in [0.29, 0.717) is 4.34 Å². The van der Waals surface area contributed by atoms with Gasteiger partial charge < -0.3 is 0 Å². The van der Waals surface area contributed by atoms with Gasteiger partial charge in [0.05, 0.1) is 4.34 Å². The van der Waals surface area contributed by atoms with Gasteiger partial charge in [-0.05, 0) is 36.1 Å². The van der Waals surface area contributed by atoms with Crippen LogP contribution in [0.3, 0.4) is 0 Å². The molecule has 0 radical (unpaired) electrons. The van der Waals surface area contributed by atoms with E-state index in [1.165, 1.54) is 17.2 Å². The van der Waals surface area contributed by atoms with Crippen LogP contribution in [0.25, 0.3) is 0 Å². The summed E-state index contributed by atoms with van der Waals surface area (Å²) in [4.78, 5) is 0. The van der Waals surface area contributed by atoms with Crippen LogP contribution >= 0.6 is 22.9 Å². The molecule has 2 aromatic rings. The fraction of sp³-hybridized carbons (Fsp3) is 0.231. The van der Waals surface area contributed by atoms with Gasteiger partial charge in [0.25, 0.3) is 0 Å². The molecule has 1 aliphatic carbocycles. The standard InChI is InChI=1S/C13H12ClNO2S2/c14-12-5-6-13(18-12)19(16,17)15-11-7-9-3-1-2-4-10(9)8-11/h1-6,11,15H,7-8H2. The van der Waals surface area contributed by atoms with Gasteiger partial charge >= 0.3 is 0 Å². The minimum atomic E-state index is -3.46. The molecule has 0 spiro atoms. The molecule has 19 heavy (non-hydrogen) atoms. The highest BCUT2D eigenvalue weighted by molar-refractivity contribution is 7.91. The molecule has 1 aromatic heterocycles. The maximum absolute atomic E-state index is 12.2. The molecule has 0 aliphatic heterocycles. The summed E-state index contributed by atoms with van der Waals surface area (Å²) >= 11 is 6.86. The smallest absolute Gasteiger partial charge is 0.207 e.